The lowest BCUT2D eigenvalue weighted by atomic mass is 10.1. The molecule has 0 spiro atoms. The van der Waals surface area contributed by atoms with Crippen molar-refractivity contribution in [2.75, 3.05) is 12.8 Å². The molecule has 0 bridgehead atoms. The van der Waals surface area contributed by atoms with Gasteiger partial charge in [-0.2, -0.15) is 0 Å². The molecule has 1 aromatic carbocycles. The molecule has 6 heteroatoms. The van der Waals surface area contributed by atoms with E-state index >= 15 is 0 Å². The van der Waals surface area contributed by atoms with Crippen molar-refractivity contribution < 1.29 is 4.79 Å². The van der Waals surface area contributed by atoms with Crippen LogP contribution < -0.4 is 5.73 Å². The van der Waals surface area contributed by atoms with Crippen molar-refractivity contribution in [3.05, 3.63) is 41.7 Å². The summed E-state index contributed by atoms with van der Waals surface area (Å²) in [5, 5.41) is 3.89. The van der Waals surface area contributed by atoms with Crippen molar-refractivity contribution >= 4 is 11.9 Å². The summed E-state index contributed by atoms with van der Waals surface area (Å²) >= 11 is 0. The van der Waals surface area contributed by atoms with Crippen molar-refractivity contribution in [3.63, 3.8) is 0 Å². The fourth-order valence-electron chi connectivity index (χ4n) is 1.82. The Labute approximate surface area is 111 Å². The number of anilines is 1. The first kappa shape index (κ1) is 13.1. The minimum atomic E-state index is -0.0357. The molecule has 0 saturated carbocycles. The van der Waals surface area contributed by atoms with Crippen LogP contribution in [0.2, 0.25) is 0 Å². The molecule has 2 N–H and O–H groups in total. The van der Waals surface area contributed by atoms with E-state index in [0.29, 0.717) is 6.54 Å². The lowest BCUT2D eigenvalue weighted by Gasteiger charge is -2.17. The number of hydrogen-bond donors (Lipinski definition) is 1. The van der Waals surface area contributed by atoms with E-state index in [2.05, 4.69) is 16.1 Å². The molecule has 0 fully saturated rings. The first-order chi connectivity index (χ1) is 9.04. The zero-order chi connectivity index (χ0) is 13.8. The number of nitrogens with zero attached hydrogens (tertiary/aromatic N) is 4. The summed E-state index contributed by atoms with van der Waals surface area (Å²) in [6, 6.07) is 8.09. The maximum Gasteiger partial charge on any atom is 0.244 e. The first-order valence-electron chi connectivity index (χ1n) is 5.99. The van der Waals surface area contributed by atoms with Crippen molar-refractivity contribution in [1.29, 1.82) is 0 Å². The van der Waals surface area contributed by atoms with Crippen molar-refractivity contribution in [3.8, 4) is 0 Å². The maximum absolute atomic E-state index is 12.0. The van der Waals surface area contributed by atoms with Gasteiger partial charge >= 0.3 is 0 Å². The Hall–Kier alpha value is -2.37. The summed E-state index contributed by atoms with van der Waals surface area (Å²) < 4.78 is 1.43. The zero-order valence-corrected chi connectivity index (χ0v) is 11.1. The predicted octanol–water partition coefficient (Wildman–Crippen LogP) is 0.827. The number of carbonyl (C=O) groups is 1. The van der Waals surface area contributed by atoms with E-state index in [1.54, 1.807) is 11.9 Å². The standard InChI is InChI=1S/C13H17N5O/c1-10-4-3-5-11(6-10)7-17(2)12(19)8-18-9-15-13(14)16-18/h3-6,9H,7-8H2,1-2H3,(H2,14,16). The summed E-state index contributed by atoms with van der Waals surface area (Å²) in [6.07, 6.45) is 1.45. The second kappa shape index (κ2) is 5.51. The number of benzene rings is 1. The Bertz CT molecular complexity index is 578. The van der Waals surface area contributed by atoms with Gasteiger partial charge in [-0.15, -0.1) is 5.10 Å². The van der Waals surface area contributed by atoms with Gasteiger partial charge < -0.3 is 10.6 Å². The van der Waals surface area contributed by atoms with Gasteiger partial charge in [0.05, 0.1) is 0 Å². The molecule has 2 rings (SSSR count). The molecular formula is C13H17N5O. The van der Waals surface area contributed by atoms with Gasteiger partial charge in [0.25, 0.3) is 0 Å². The minimum Gasteiger partial charge on any atom is -0.367 e. The highest BCUT2D eigenvalue weighted by Crippen LogP contribution is 2.07. The normalized spacial score (nSPS) is 10.4. The number of hydrogen-bond acceptors (Lipinski definition) is 4. The van der Waals surface area contributed by atoms with Crippen LogP contribution in [0.15, 0.2) is 30.6 Å². The molecule has 6 nitrogen and oxygen atoms in total. The van der Waals surface area contributed by atoms with Gasteiger partial charge in [-0.1, -0.05) is 29.8 Å². The molecule has 0 aliphatic rings. The van der Waals surface area contributed by atoms with Gasteiger partial charge in [0.1, 0.15) is 12.9 Å². The number of amides is 1. The highest BCUT2D eigenvalue weighted by atomic mass is 16.2. The number of likely N-dealkylation sites (N-methyl/N-ethyl adjacent to an activating group) is 1. The smallest absolute Gasteiger partial charge is 0.244 e. The number of nitrogen functional groups attached to an aromatic ring is 1. The predicted molar refractivity (Wildman–Crippen MR) is 72.1 cm³/mol. The molecule has 0 saturated heterocycles. The third-order valence-electron chi connectivity index (χ3n) is 2.78. The Morgan fingerprint density at radius 2 is 2.26 bits per heavy atom. The molecule has 19 heavy (non-hydrogen) atoms. The van der Waals surface area contributed by atoms with Crippen LogP contribution in [-0.2, 0) is 17.9 Å². The van der Waals surface area contributed by atoms with Crippen LogP contribution in [0.4, 0.5) is 5.95 Å². The van der Waals surface area contributed by atoms with Crippen LogP contribution >= 0.6 is 0 Å². The van der Waals surface area contributed by atoms with Gasteiger partial charge in [0, 0.05) is 13.6 Å². The van der Waals surface area contributed by atoms with Gasteiger partial charge in [0.15, 0.2) is 0 Å². The topological polar surface area (TPSA) is 77.0 Å². The van der Waals surface area contributed by atoms with E-state index in [4.69, 9.17) is 5.73 Å². The third kappa shape index (κ3) is 3.54. The third-order valence-corrected chi connectivity index (χ3v) is 2.78. The summed E-state index contributed by atoms with van der Waals surface area (Å²) in [6.45, 7) is 2.75. The van der Waals surface area contributed by atoms with Gasteiger partial charge in [-0.3, -0.25) is 4.79 Å². The molecule has 1 amide bonds. The van der Waals surface area contributed by atoms with E-state index in [9.17, 15) is 4.79 Å². The van der Waals surface area contributed by atoms with Gasteiger partial charge in [-0.25, -0.2) is 9.67 Å². The van der Waals surface area contributed by atoms with Crippen LogP contribution in [0, 0.1) is 6.92 Å². The number of rotatable bonds is 4. The summed E-state index contributed by atoms with van der Waals surface area (Å²) in [5.41, 5.74) is 7.69. The molecule has 1 aromatic heterocycles. The van der Waals surface area contributed by atoms with Crippen molar-refractivity contribution in [1.82, 2.24) is 19.7 Å². The van der Waals surface area contributed by atoms with Crippen LogP contribution in [0.5, 0.6) is 0 Å². The number of nitrogens with two attached hydrogens (primary N) is 1. The van der Waals surface area contributed by atoms with Crippen LogP contribution in [0.25, 0.3) is 0 Å². The van der Waals surface area contributed by atoms with E-state index in [0.717, 1.165) is 5.56 Å². The maximum atomic E-state index is 12.0. The number of carbonyl (C=O) groups excluding carboxylic acids is 1. The molecule has 0 aliphatic heterocycles. The molecule has 0 aliphatic carbocycles. The lowest BCUT2D eigenvalue weighted by molar-refractivity contribution is -0.131. The van der Waals surface area contributed by atoms with Gasteiger partial charge in [0.2, 0.25) is 11.9 Å². The van der Waals surface area contributed by atoms with Gasteiger partial charge in [-0.05, 0) is 12.5 Å². The van der Waals surface area contributed by atoms with Crippen LogP contribution in [0.1, 0.15) is 11.1 Å². The van der Waals surface area contributed by atoms with E-state index in [1.807, 2.05) is 25.1 Å². The Kier molecular flexibility index (Phi) is 3.79. The highest BCUT2D eigenvalue weighted by molar-refractivity contribution is 5.75. The zero-order valence-electron chi connectivity index (χ0n) is 11.1. The minimum absolute atomic E-state index is 0.0357. The summed E-state index contributed by atoms with van der Waals surface area (Å²) in [4.78, 5) is 17.5. The molecule has 2 aromatic rings. The molecule has 0 radical (unpaired) electrons. The number of aryl methyl sites for hydroxylation is 1. The SMILES string of the molecule is Cc1cccc(CN(C)C(=O)Cn2cnc(N)n2)c1. The highest BCUT2D eigenvalue weighted by Gasteiger charge is 2.11. The van der Waals surface area contributed by atoms with Crippen molar-refractivity contribution in [2.24, 2.45) is 0 Å². The fourth-order valence-corrected chi connectivity index (χ4v) is 1.82. The quantitative estimate of drug-likeness (QED) is 0.882. The molecule has 0 unspecified atom stereocenters. The molecule has 100 valence electrons. The van der Waals surface area contributed by atoms with Crippen LogP contribution in [0.3, 0.4) is 0 Å². The Morgan fingerprint density at radius 1 is 1.47 bits per heavy atom. The molecule has 0 atom stereocenters. The number of aromatic nitrogens is 3. The summed E-state index contributed by atoms with van der Waals surface area (Å²) in [5.74, 6) is 0.139. The van der Waals surface area contributed by atoms with Crippen LogP contribution in [-0.4, -0.2) is 32.6 Å². The Balaban J connectivity index is 1.96. The largest absolute Gasteiger partial charge is 0.367 e. The molecular weight excluding hydrogens is 242 g/mol. The lowest BCUT2D eigenvalue weighted by Crippen LogP contribution is -2.30. The van der Waals surface area contributed by atoms with E-state index in [-0.39, 0.29) is 18.4 Å². The first-order valence-corrected chi connectivity index (χ1v) is 5.99. The second-order valence-electron chi connectivity index (χ2n) is 4.54. The van der Waals surface area contributed by atoms with E-state index < -0.39 is 0 Å². The van der Waals surface area contributed by atoms with E-state index in [1.165, 1.54) is 16.6 Å². The second-order valence-corrected chi connectivity index (χ2v) is 4.54. The Morgan fingerprint density at radius 3 is 2.89 bits per heavy atom. The fraction of sp³-hybridized carbons (Fsp3) is 0.308. The summed E-state index contributed by atoms with van der Waals surface area (Å²) in [7, 11) is 1.77. The molecule has 1 heterocycles. The average Bonchev–Trinajstić information content (AvgIpc) is 2.74. The van der Waals surface area contributed by atoms with Crippen molar-refractivity contribution in [2.45, 2.75) is 20.0 Å². The monoisotopic (exact) mass is 259 g/mol. The average molecular weight is 259 g/mol.